The molecule has 9 heteroatoms. The first-order valence-electron chi connectivity index (χ1n) is 8.66. The molecule has 1 heterocycles. The number of carbonyl (C=O) groups is 1. The summed E-state index contributed by atoms with van der Waals surface area (Å²) in [6.45, 7) is 2.67. The number of halogens is 3. The lowest BCUT2D eigenvalue weighted by Crippen LogP contribution is -2.48. The van der Waals surface area contributed by atoms with E-state index in [2.05, 4.69) is 4.90 Å². The van der Waals surface area contributed by atoms with Gasteiger partial charge in [0.1, 0.15) is 0 Å². The summed E-state index contributed by atoms with van der Waals surface area (Å²) in [4.78, 5) is 26.4. The summed E-state index contributed by atoms with van der Waals surface area (Å²) >= 11 is 0. The molecule has 0 radical (unpaired) electrons. The Morgan fingerprint density at radius 2 is 1.54 bits per heavy atom. The molecule has 28 heavy (non-hydrogen) atoms. The molecule has 1 fully saturated rings. The molecule has 3 rings (SSSR count). The van der Waals surface area contributed by atoms with Gasteiger partial charge in [0.05, 0.1) is 10.5 Å². The lowest BCUT2D eigenvalue weighted by Gasteiger charge is -2.34. The highest BCUT2D eigenvalue weighted by atomic mass is 19.4. The number of hydrogen-bond donors (Lipinski definition) is 0. The Kier molecular flexibility index (Phi) is 5.64. The van der Waals surface area contributed by atoms with Crippen molar-refractivity contribution in [1.82, 2.24) is 9.80 Å². The molecule has 0 aliphatic carbocycles. The van der Waals surface area contributed by atoms with Crippen LogP contribution in [0.15, 0.2) is 48.5 Å². The van der Waals surface area contributed by atoms with Crippen LogP contribution in [0.3, 0.4) is 0 Å². The van der Waals surface area contributed by atoms with Gasteiger partial charge in [0.25, 0.3) is 11.6 Å². The summed E-state index contributed by atoms with van der Waals surface area (Å²) in [5.41, 5.74) is 0.428. The second-order valence-electron chi connectivity index (χ2n) is 6.57. The fourth-order valence-electron chi connectivity index (χ4n) is 3.07. The van der Waals surface area contributed by atoms with E-state index in [9.17, 15) is 28.1 Å². The number of piperazine rings is 1. The van der Waals surface area contributed by atoms with Crippen LogP contribution in [0, 0.1) is 10.1 Å². The van der Waals surface area contributed by atoms with E-state index < -0.39 is 16.7 Å². The van der Waals surface area contributed by atoms with Crippen LogP contribution >= 0.6 is 0 Å². The lowest BCUT2D eigenvalue weighted by molar-refractivity contribution is -0.384. The van der Waals surface area contributed by atoms with Crippen molar-refractivity contribution >= 4 is 11.6 Å². The van der Waals surface area contributed by atoms with Gasteiger partial charge >= 0.3 is 6.18 Å². The minimum absolute atomic E-state index is 0.0714. The molecule has 0 unspecified atom stereocenters. The van der Waals surface area contributed by atoms with Gasteiger partial charge in [0, 0.05) is 50.4 Å². The van der Waals surface area contributed by atoms with Crippen LogP contribution in [0.4, 0.5) is 18.9 Å². The first kappa shape index (κ1) is 19.8. The van der Waals surface area contributed by atoms with Gasteiger partial charge in [-0.2, -0.15) is 13.2 Å². The van der Waals surface area contributed by atoms with Gasteiger partial charge in [-0.05, 0) is 29.8 Å². The molecule has 0 saturated carbocycles. The van der Waals surface area contributed by atoms with Crippen molar-refractivity contribution in [3.05, 3.63) is 75.3 Å². The number of alkyl halides is 3. The standard InChI is InChI=1S/C19H18F3N3O3/c20-19(21,22)16-5-1-14(2-6-16)13-23-9-11-24(12-10-23)18(26)15-3-7-17(8-4-15)25(27)28/h1-8H,9-13H2. The summed E-state index contributed by atoms with van der Waals surface area (Å²) in [5.74, 6) is -0.191. The van der Waals surface area contributed by atoms with Gasteiger partial charge in [-0.25, -0.2) is 0 Å². The second kappa shape index (κ2) is 7.97. The summed E-state index contributed by atoms with van der Waals surface area (Å²) in [6, 6.07) is 10.6. The van der Waals surface area contributed by atoms with Crippen molar-refractivity contribution in [2.24, 2.45) is 0 Å². The molecular formula is C19H18F3N3O3. The van der Waals surface area contributed by atoms with Gasteiger partial charge in [-0.15, -0.1) is 0 Å². The van der Waals surface area contributed by atoms with Gasteiger partial charge in [-0.3, -0.25) is 19.8 Å². The molecule has 0 atom stereocenters. The maximum atomic E-state index is 12.6. The zero-order valence-electron chi connectivity index (χ0n) is 14.9. The Morgan fingerprint density at radius 3 is 2.04 bits per heavy atom. The van der Waals surface area contributed by atoms with Gasteiger partial charge in [-0.1, -0.05) is 12.1 Å². The predicted molar refractivity (Wildman–Crippen MR) is 95.7 cm³/mol. The molecular weight excluding hydrogens is 375 g/mol. The van der Waals surface area contributed by atoms with Gasteiger partial charge < -0.3 is 4.90 Å². The van der Waals surface area contributed by atoms with Crippen LogP contribution in [-0.2, 0) is 12.7 Å². The normalized spacial score (nSPS) is 15.5. The minimum Gasteiger partial charge on any atom is -0.336 e. The summed E-state index contributed by atoms with van der Waals surface area (Å²) in [7, 11) is 0. The lowest BCUT2D eigenvalue weighted by atomic mass is 10.1. The minimum atomic E-state index is -4.34. The molecule has 1 aliphatic rings. The maximum Gasteiger partial charge on any atom is 0.416 e. The second-order valence-corrected chi connectivity index (χ2v) is 6.57. The first-order chi connectivity index (χ1) is 13.2. The number of benzene rings is 2. The summed E-state index contributed by atoms with van der Waals surface area (Å²) in [6.07, 6.45) is -4.34. The molecule has 6 nitrogen and oxygen atoms in total. The molecule has 1 saturated heterocycles. The number of nitro groups is 1. The highest BCUT2D eigenvalue weighted by Gasteiger charge is 2.30. The van der Waals surface area contributed by atoms with E-state index in [1.807, 2.05) is 0 Å². The van der Waals surface area contributed by atoms with Crippen molar-refractivity contribution in [3.8, 4) is 0 Å². The van der Waals surface area contributed by atoms with Crippen molar-refractivity contribution in [2.45, 2.75) is 12.7 Å². The maximum absolute atomic E-state index is 12.6. The zero-order valence-corrected chi connectivity index (χ0v) is 14.9. The number of rotatable bonds is 4. The SMILES string of the molecule is O=C(c1ccc([N+](=O)[O-])cc1)N1CCN(Cc2ccc(C(F)(F)F)cc2)CC1. The molecule has 0 spiro atoms. The number of amides is 1. The third-order valence-corrected chi connectivity index (χ3v) is 4.67. The van der Waals surface area contributed by atoms with E-state index in [1.54, 1.807) is 4.90 Å². The third kappa shape index (κ3) is 4.66. The van der Waals surface area contributed by atoms with Crippen molar-refractivity contribution in [2.75, 3.05) is 26.2 Å². The van der Waals surface area contributed by atoms with Crippen molar-refractivity contribution in [3.63, 3.8) is 0 Å². The summed E-state index contributed by atoms with van der Waals surface area (Å²) in [5, 5.41) is 10.7. The number of hydrogen-bond acceptors (Lipinski definition) is 4. The van der Waals surface area contributed by atoms with E-state index in [0.29, 0.717) is 38.3 Å². The smallest absolute Gasteiger partial charge is 0.336 e. The topological polar surface area (TPSA) is 66.7 Å². The molecule has 0 aromatic heterocycles. The van der Waals surface area contributed by atoms with Crippen LogP contribution in [0.25, 0.3) is 0 Å². The van der Waals surface area contributed by atoms with Crippen LogP contribution in [0.2, 0.25) is 0 Å². The molecule has 0 bridgehead atoms. The van der Waals surface area contributed by atoms with E-state index in [1.165, 1.54) is 36.4 Å². The van der Waals surface area contributed by atoms with E-state index >= 15 is 0 Å². The third-order valence-electron chi connectivity index (χ3n) is 4.67. The van der Waals surface area contributed by atoms with Crippen molar-refractivity contribution < 1.29 is 22.9 Å². The van der Waals surface area contributed by atoms with Crippen LogP contribution in [0.5, 0.6) is 0 Å². The zero-order chi connectivity index (χ0) is 20.3. The van der Waals surface area contributed by atoms with Crippen LogP contribution in [-0.4, -0.2) is 46.8 Å². The molecule has 148 valence electrons. The van der Waals surface area contributed by atoms with Gasteiger partial charge in [0.15, 0.2) is 0 Å². The Balaban J connectivity index is 1.54. The number of nitro benzene ring substituents is 1. The van der Waals surface area contributed by atoms with Crippen LogP contribution < -0.4 is 0 Å². The fraction of sp³-hybridized carbons (Fsp3) is 0.316. The van der Waals surface area contributed by atoms with Gasteiger partial charge in [0.2, 0.25) is 0 Å². The monoisotopic (exact) mass is 393 g/mol. The first-order valence-corrected chi connectivity index (χ1v) is 8.66. The van der Waals surface area contributed by atoms with E-state index in [4.69, 9.17) is 0 Å². The van der Waals surface area contributed by atoms with E-state index in [0.717, 1.165) is 17.7 Å². The molecule has 2 aromatic rings. The quantitative estimate of drug-likeness (QED) is 0.588. The average Bonchev–Trinajstić information content (AvgIpc) is 2.68. The molecule has 1 amide bonds. The molecule has 2 aromatic carbocycles. The number of nitrogens with zero attached hydrogens (tertiary/aromatic N) is 3. The predicted octanol–water partition coefficient (Wildman–Crippen LogP) is 3.57. The van der Waals surface area contributed by atoms with Crippen molar-refractivity contribution in [1.29, 1.82) is 0 Å². The Labute approximate surface area is 159 Å². The summed E-state index contributed by atoms with van der Waals surface area (Å²) < 4.78 is 37.9. The Morgan fingerprint density at radius 1 is 0.964 bits per heavy atom. The Bertz CT molecular complexity index is 843. The number of carbonyl (C=O) groups excluding carboxylic acids is 1. The highest BCUT2D eigenvalue weighted by molar-refractivity contribution is 5.94. The average molecular weight is 393 g/mol. The highest BCUT2D eigenvalue weighted by Crippen LogP contribution is 2.29. The molecule has 0 N–H and O–H groups in total. The fourth-order valence-corrected chi connectivity index (χ4v) is 3.07. The largest absolute Gasteiger partial charge is 0.416 e. The number of non-ortho nitro benzene ring substituents is 1. The Hall–Kier alpha value is -2.94. The van der Waals surface area contributed by atoms with Crippen LogP contribution in [0.1, 0.15) is 21.5 Å². The molecule has 1 aliphatic heterocycles. The van der Waals surface area contributed by atoms with E-state index in [-0.39, 0.29) is 11.6 Å².